The number of hydrogen-bond donors (Lipinski definition) is 2. The van der Waals surface area contributed by atoms with Gasteiger partial charge in [-0.05, 0) is 36.6 Å². The molecule has 20 heavy (non-hydrogen) atoms. The number of amides is 1. The van der Waals surface area contributed by atoms with Crippen LogP contribution in [0.2, 0.25) is 5.02 Å². The van der Waals surface area contributed by atoms with Crippen LogP contribution in [-0.4, -0.2) is 31.8 Å². The summed E-state index contributed by atoms with van der Waals surface area (Å²) in [6, 6.07) is 4.67. The maximum atomic E-state index is 13.0. The van der Waals surface area contributed by atoms with Gasteiger partial charge in [-0.25, -0.2) is 4.39 Å². The molecule has 6 heteroatoms. The third kappa shape index (κ3) is 6.12. The van der Waals surface area contributed by atoms with Crippen LogP contribution in [0.3, 0.4) is 0 Å². The SMILES string of the molecule is CC(CNCC(=O)NCC=O)Cc1ccc(F)c(Cl)c1. The van der Waals surface area contributed by atoms with Crippen LogP contribution in [0.1, 0.15) is 12.5 Å². The Hall–Kier alpha value is -1.46. The highest BCUT2D eigenvalue weighted by atomic mass is 35.5. The predicted molar refractivity (Wildman–Crippen MR) is 76.2 cm³/mol. The van der Waals surface area contributed by atoms with E-state index in [2.05, 4.69) is 10.6 Å². The van der Waals surface area contributed by atoms with E-state index in [0.29, 0.717) is 12.8 Å². The number of aldehydes is 1. The minimum absolute atomic E-state index is 0.0319. The van der Waals surface area contributed by atoms with E-state index in [1.807, 2.05) is 6.92 Å². The lowest BCUT2D eigenvalue weighted by Crippen LogP contribution is -2.36. The Morgan fingerprint density at radius 1 is 1.50 bits per heavy atom. The zero-order valence-electron chi connectivity index (χ0n) is 11.3. The smallest absolute Gasteiger partial charge is 0.234 e. The quantitative estimate of drug-likeness (QED) is 0.716. The van der Waals surface area contributed by atoms with Crippen molar-refractivity contribution in [3.63, 3.8) is 0 Å². The van der Waals surface area contributed by atoms with E-state index in [0.717, 1.165) is 12.0 Å². The van der Waals surface area contributed by atoms with E-state index in [1.54, 1.807) is 12.1 Å². The number of carbonyl (C=O) groups excluding carboxylic acids is 2. The Labute approximate surface area is 122 Å². The molecule has 0 aliphatic carbocycles. The van der Waals surface area contributed by atoms with E-state index in [9.17, 15) is 14.0 Å². The monoisotopic (exact) mass is 300 g/mol. The number of nitrogens with one attached hydrogen (secondary N) is 2. The van der Waals surface area contributed by atoms with Crippen molar-refractivity contribution in [1.29, 1.82) is 0 Å². The first-order valence-corrected chi connectivity index (χ1v) is 6.75. The second-order valence-corrected chi connectivity index (χ2v) is 5.07. The van der Waals surface area contributed by atoms with Crippen molar-refractivity contribution in [3.8, 4) is 0 Å². The third-order valence-electron chi connectivity index (χ3n) is 2.73. The number of benzene rings is 1. The molecular weight excluding hydrogens is 283 g/mol. The molecule has 0 radical (unpaired) electrons. The highest BCUT2D eigenvalue weighted by Crippen LogP contribution is 2.18. The molecule has 1 aromatic carbocycles. The maximum Gasteiger partial charge on any atom is 0.234 e. The number of carbonyl (C=O) groups is 2. The molecule has 0 aliphatic rings. The molecule has 0 heterocycles. The molecule has 0 saturated heterocycles. The van der Waals surface area contributed by atoms with Gasteiger partial charge in [0.05, 0.1) is 18.1 Å². The summed E-state index contributed by atoms with van der Waals surface area (Å²) in [6.45, 7) is 2.86. The molecule has 1 unspecified atom stereocenters. The summed E-state index contributed by atoms with van der Waals surface area (Å²) in [7, 11) is 0. The molecule has 1 atom stereocenters. The van der Waals surface area contributed by atoms with Crippen molar-refractivity contribution in [3.05, 3.63) is 34.6 Å². The summed E-state index contributed by atoms with van der Waals surface area (Å²) in [5, 5.41) is 5.57. The van der Waals surface area contributed by atoms with Gasteiger partial charge in [0.25, 0.3) is 0 Å². The lowest BCUT2D eigenvalue weighted by Gasteiger charge is -2.13. The van der Waals surface area contributed by atoms with Crippen LogP contribution in [0.5, 0.6) is 0 Å². The fourth-order valence-corrected chi connectivity index (χ4v) is 1.99. The summed E-state index contributed by atoms with van der Waals surface area (Å²) < 4.78 is 13.0. The molecule has 2 N–H and O–H groups in total. The Morgan fingerprint density at radius 2 is 2.25 bits per heavy atom. The van der Waals surface area contributed by atoms with Crippen molar-refractivity contribution >= 4 is 23.8 Å². The summed E-state index contributed by atoms with van der Waals surface area (Å²) in [6.07, 6.45) is 1.38. The molecule has 0 fully saturated rings. The second kappa shape index (κ2) is 8.66. The predicted octanol–water partition coefficient (Wildman–Crippen LogP) is 1.56. The normalized spacial score (nSPS) is 11.9. The van der Waals surface area contributed by atoms with Crippen molar-refractivity contribution in [1.82, 2.24) is 10.6 Å². The molecule has 0 saturated carbocycles. The number of halogens is 2. The van der Waals surface area contributed by atoms with Gasteiger partial charge >= 0.3 is 0 Å². The van der Waals surface area contributed by atoms with Gasteiger partial charge in [-0.1, -0.05) is 24.6 Å². The zero-order valence-corrected chi connectivity index (χ0v) is 12.0. The van der Waals surface area contributed by atoms with Crippen molar-refractivity contribution in [2.24, 2.45) is 5.92 Å². The Kier molecular flexibility index (Phi) is 7.18. The fourth-order valence-electron chi connectivity index (χ4n) is 1.79. The highest BCUT2D eigenvalue weighted by Gasteiger charge is 2.07. The molecule has 1 amide bonds. The lowest BCUT2D eigenvalue weighted by atomic mass is 10.0. The van der Waals surface area contributed by atoms with Gasteiger partial charge < -0.3 is 15.4 Å². The number of rotatable bonds is 8. The average molecular weight is 301 g/mol. The van der Waals surface area contributed by atoms with Gasteiger partial charge in [-0.2, -0.15) is 0 Å². The maximum absolute atomic E-state index is 13.0. The van der Waals surface area contributed by atoms with Gasteiger partial charge in [0.15, 0.2) is 0 Å². The Morgan fingerprint density at radius 3 is 2.90 bits per heavy atom. The van der Waals surface area contributed by atoms with Gasteiger partial charge in [-0.3, -0.25) is 4.79 Å². The van der Waals surface area contributed by atoms with Crippen molar-refractivity contribution in [2.75, 3.05) is 19.6 Å². The van der Waals surface area contributed by atoms with E-state index >= 15 is 0 Å². The second-order valence-electron chi connectivity index (χ2n) is 4.66. The van der Waals surface area contributed by atoms with E-state index < -0.39 is 5.82 Å². The van der Waals surface area contributed by atoms with Gasteiger partial charge in [0.1, 0.15) is 12.1 Å². The first-order chi connectivity index (χ1) is 9.52. The third-order valence-corrected chi connectivity index (χ3v) is 3.02. The van der Waals surface area contributed by atoms with Crippen LogP contribution in [0.25, 0.3) is 0 Å². The number of hydrogen-bond acceptors (Lipinski definition) is 3. The fraction of sp³-hybridized carbons (Fsp3) is 0.429. The van der Waals surface area contributed by atoms with Crippen LogP contribution in [0.4, 0.5) is 4.39 Å². The van der Waals surface area contributed by atoms with Crippen LogP contribution >= 0.6 is 11.6 Å². The Balaban J connectivity index is 2.29. The lowest BCUT2D eigenvalue weighted by molar-refractivity contribution is -0.121. The summed E-state index contributed by atoms with van der Waals surface area (Å²) in [5.74, 6) is -0.363. The van der Waals surface area contributed by atoms with Crippen molar-refractivity contribution < 1.29 is 14.0 Å². The summed E-state index contributed by atoms with van der Waals surface area (Å²) in [5.41, 5.74) is 0.955. The van der Waals surface area contributed by atoms with Crippen molar-refractivity contribution in [2.45, 2.75) is 13.3 Å². The van der Waals surface area contributed by atoms with Gasteiger partial charge in [0, 0.05) is 0 Å². The van der Waals surface area contributed by atoms with Crippen LogP contribution in [0, 0.1) is 11.7 Å². The topological polar surface area (TPSA) is 58.2 Å². The van der Waals surface area contributed by atoms with Gasteiger partial charge in [0.2, 0.25) is 5.91 Å². The highest BCUT2D eigenvalue weighted by molar-refractivity contribution is 6.30. The summed E-state index contributed by atoms with van der Waals surface area (Å²) in [4.78, 5) is 21.3. The molecule has 0 bridgehead atoms. The zero-order chi connectivity index (χ0) is 15.0. The first-order valence-electron chi connectivity index (χ1n) is 6.38. The molecule has 110 valence electrons. The minimum Gasteiger partial charge on any atom is -0.348 e. The summed E-state index contributed by atoms with van der Waals surface area (Å²) >= 11 is 5.72. The molecule has 0 aliphatic heterocycles. The molecule has 4 nitrogen and oxygen atoms in total. The molecule has 0 aromatic heterocycles. The molecule has 0 spiro atoms. The Bertz CT molecular complexity index is 468. The van der Waals surface area contributed by atoms with Crippen LogP contribution < -0.4 is 10.6 Å². The molecule has 1 aromatic rings. The standard InChI is InChI=1S/C14H18ClFN2O2/c1-10(8-17-9-14(20)18-4-5-19)6-11-2-3-13(16)12(15)7-11/h2-3,5,7,10,17H,4,6,8-9H2,1H3,(H,18,20). The van der Waals surface area contributed by atoms with E-state index in [4.69, 9.17) is 11.6 Å². The minimum atomic E-state index is -0.423. The van der Waals surface area contributed by atoms with Gasteiger partial charge in [-0.15, -0.1) is 0 Å². The van der Waals surface area contributed by atoms with Crippen LogP contribution in [0.15, 0.2) is 18.2 Å². The molecular formula is C14H18ClFN2O2. The molecule has 1 rings (SSSR count). The largest absolute Gasteiger partial charge is 0.348 e. The van der Waals surface area contributed by atoms with Crippen LogP contribution in [-0.2, 0) is 16.0 Å². The van der Waals surface area contributed by atoms with E-state index in [-0.39, 0.29) is 29.9 Å². The average Bonchev–Trinajstić information content (AvgIpc) is 2.40. The van der Waals surface area contributed by atoms with E-state index in [1.165, 1.54) is 6.07 Å². The first kappa shape index (κ1) is 16.6.